The molecule has 0 spiro atoms. The lowest BCUT2D eigenvalue weighted by Gasteiger charge is -2.21. The summed E-state index contributed by atoms with van der Waals surface area (Å²) in [5.41, 5.74) is 0. The topological polar surface area (TPSA) is 237 Å². The Bertz CT molecular complexity index is 2070. The van der Waals surface area contributed by atoms with Crippen molar-refractivity contribution in [2.24, 2.45) is 11.8 Å². The van der Waals surface area contributed by atoms with Crippen LogP contribution in [0.15, 0.2) is 24.3 Å². The normalized spacial score (nSPS) is 14.0. The molecule has 0 aromatic rings. The molecule has 2 unspecified atom stereocenters. The van der Waals surface area contributed by atoms with Crippen LogP contribution in [-0.4, -0.2) is 96.7 Å². The van der Waals surface area contributed by atoms with Gasteiger partial charge in [-0.05, 0) is 63.2 Å². The minimum absolute atomic E-state index is 0.0842. The minimum Gasteiger partial charge on any atom is -0.462 e. The van der Waals surface area contributed by atoms with Gasteiger partial charge in [0.2, 0.25) is 0 Å². The van der Waals surface area contributed by atoms with Gasteiger partial charge in [-0.1, -0.05) is 368 Å². The van der Waals surface area contributed by atoms with Crippen LogP contribution in [0.5, 0.6) is 0 Å². The molecular formula is C84H160O17P2. The summed E-state index contributed by atoms with van der Waals surface area (Å²) in [6.45, 7) is 9.53. The van der Waals surface area contributed by atoms with Gasteiger partial charge in [0.25, 0.3) is 0 Å². The fraction of sp³-hybridized carbons (Fsp3) is 0.905. The quantitative estimate of drug-likeness (QED) is 0.0169. The van der Waals surface area contributed by atoms with E-state index in [9.17, 15) is 43.2 Å². The first-order valence-electron chi connectivity index (χ1n) is 42.8. The van der Waals surface area contributed by atoms with Crippen molar-refractivity contribution in [1.29, 1.82) is 0 Å². The second-order valence-electron chi connectivity index (χ2n) is 30.5. The van der Waals surface area contributed by atoms with E-state index in [0.29, 0.717) is 31.6 Å². The van der Waals surface area contributed by atoms with E-state index in [4.69, 9.17) is 37.0 Å². The number of aliphatic hydroxyl groups is 1. The molecule has 0 bridgehead atoms. The van der Waals surface area contributed by atoms with Crippen LogP contribution in [0, 0.1) is 11.8 Å². The van der Waals surface area contributed by atoms with Crippen molar-refractivity contribution in [3.63, 3.8) is 0 Å². The highest BCUT2D eigenvalue weighted by molar-refractivity contribution is 7.47. The van der Waals surface area contributed by atoms with Crippen molar-refractivity contribution >= 4 is 39.5 Å². The molecule has 0 aliphatic carbocycles. The van der Waals surface area contributed by atoms with Crippen molar-refractivity contribution in [1.82, 2.24) is 0 Å². The molecule has 0 aromatic heterocycles. The minimum atomic E-state index is -4.97. The monoisotopic (exact) mass is 1500 g/mol. The molecule has 0 amide bonds. The van der Waals surface area contributed by atoms with Gasteiger partial charge in [-0.3, -0.25) is 37.3 Å². The highest BCUT2D eigenvalue weighted by Gasteiger charge is 2.30. The lowest BCUT2D eigenvalue weighted by molar-refractivity contribution is -0.161. The smallest absolute Gasteiger partial charge is 0.462 e. The molecule has 0 radical (unpaired) electrons. The number of phosphoric acid groups is 2. The van der Waals surface area contributed by atoms with Gasteiger partial charge in [0.05, 0.1) is 26.4 Å². The lowest BCUT2D eigenvalue weighted by Crippen LogP contribution is -2.30. The van der Waals surface area contributed by atoms with Crippen LogP contribution in [0.1, 0.15) is 420 Å². The summed E-state index contributed by atoms with van der Waals surface area (Å²) in [5, 5.41) is 10.6. The average Bonchev–Trinajstić information content (AvgIpc) is 0.962. The van der Waals surface area contributed by atoms with E-state index >= 15 is 0 Å². The first-order valence-corrected chi connectivity index (χ1v) is 45.8. The number of hydrogen-bond acceptors (Lipinski definition) is 15. The van der Waals surface area contributed by atoms with E-state index in [1.54, 1.807) is 0 Å². The van der Waals surface area contributed by atoms with E-state index in [2.05, 4.69) is 65.8 Å². The Labute approximate surface area is 631 Å². The number of carbonyl (C=O) groups is 4. The third kappa shape index (κ3) is 77.5. The number of carbonyl (C=O) groups excluding carboxylic acids is 4. The van der Waals surface area contributed by atoms with Gasteiger partial charge < -0.3 is 33.8 Å². The van der Waals surface area contributed by atoms with Crippen LogP contribution in [-0.2, 0) is 65.4 Å². The van der Waals surface area contributed by atoms with Gasteiger partial charge in [-0.25, -0.2) is 9.13 Å². The maximum absolute atomic E-state index is 13.1. The summed E-state index contributed by atoms with van der Waals surface area (Å²) in [6.07, 6.45) is 69.1. The van der Waals surface area contributed by atoms with Crippen LogP contribution in [0.2, 0.25) is 0 Å². The third-order valence-electron chi connectivity index (χ3n) is 19.1. The predicted octanol–water partition coefficient (Wildman–Crippen LogP) is 25.0. The first kappa shape index (κ1) is 101. The Hall–Kier alpha value is -2.46. The van der Waals surface area contributed by atoms with Crippen LogP contribution in [0.25, 0.3) is 0 Å². The number of aliphatic hydroxyl groups excluding tert-OH is 1. The third-order valence-corrected chi connectivity index (χ3v) is 21.0. The molecule has 608 valence electrons. The Kier molecular flexibility index (Phi) is 73.2. The number of allylic oxidation sites excluding steroid dienone is 4. The van der Waals surface area contributed by atoms with E-state index in [1.807, 2.05) is 0 Å². The molecule has 0 aromatic carbocycles. The molecule has 0 saturated heterocycles. The van der Waals surface area contributed by atoms with Gasteiger partial charge in [0.15, 0.2) is 12.2 Å². The molecule has 17 nitrogen and oxygen atoms in total. The van der Waals surface area contributed by atoms with Gasteiger partial charge >= 0.3 is 39.5 Å². The molecule has 0 fully saturated rings. The van der Waals surface area contributed by atoms with Gasteiger partial charge in [0, 0.05) is 25.7 Å². The zero-order valence-electron chi connectivity index (χ0n) is 67.1. The molecule has 103 heavy (non-hydrogen) atoms. The number of esters is 4. The predicted molar refractivity (Wildman–Crippen MR) is 423 cm³/mol. The van der Waals surface area contributed by atoms with Crippen LogP contribution in [0.4, 0.5) is 0 Å². The summed E-state index contributed by atoms with van der Waals surface area (Å²) >= 11 is 0. The molecule has 0 heterocycles. The van der Waals surface area contributed by atoms with Crippen molar-refractivity contribution in [2.45, 2.75) is 439 Å². The molecule has 0 aliphatic heterocycles. The maximum Gasteiger partial charge on any atom is 0.472 e. The Morgan fingerprint density at radius 1 is 0.301 bits per heavy atom. The lowest BCUT2D eigenvalue weighted by atomic mass is 10.0. The van der Waals surface area contributed by atoms with Crippen molar-refractivity contribution in [2.75, 3.05) is 39.6 Å². The largest absolute Gasteiger partial charge is 0.472 e. The van der Waals surface area contributed by atoms with Crippen LogP contribution < -0.4 is 0 Å². The molecular weight excluding hydrogens is 1340 g/mol. The van der Waals surface area contributed by atoms with E-state index in [1.165, 1.54) is 218 Å². The highest BCUT2D eigenvalue weighted by atomic mass is 31.2. The van der Waals surface area contributed by atoms with Gasteiger partial charge in [-0.2, -0.15) is 0 Å². The summed E-state index contributed by atoms with van der Waals surface area (Å²) in [6, 6.07) is 0. The molecule has 19 heteroatoms. The van der Waals surface area contributed by atoms with Crippen LogP contribution in [0.3, 0.4) is 0 Å². The van der Waals surface area contributed by atoms with Crippen LogP contribution >= 0.6 is 15.6 Å². The van der Waals surface area contributed by atoms with E-state index in [0.717, 1.165) is 115 Å². The summed E-state index contributed by atoms with van der Waals surface area (Å²) in [4.78, 5) is 73.0. The average molecular weight is 1500 g/mol. The number of hydrogen-bond donors (Lipinski definition) is 3. The molecule has 3 N–H and O–H groups in total. The number of phosphoric ester groups is 2. The number of unbranched alkanes of at least 4 members (excludes halogenated alkanes) is 48. The Morgan fingerprint density at radius 3 is 0.796 bits per heavy atom. The first-order chi connectivity index (χ1) is 49.9. The second kappa shape index (κ2) is 75.0. The van der Waals surface area contributed by atoms with Gasteiger partial charge in [0.1, 0.15) is 19.3 Å². The van der Waals surface area contributed by atoms with Gasteiger partial charge in [-0.15, -0.1) is 0 Å². The van der Waals surface area contributed by atoms with E-state index < -0.39 is 97.5 Å². The summed E-state index contributed by atoms with van der Waals surface area (Å²) in [5.74, 6) is -0.651. The maximum atomic E-state index is 13.1. The van der Waals surface area contributed by atoms with Crippen molar-refractivity contribution < 1.29 is 80.2 Å². The fourth-order valence-electron chi connectivity index (χ4n) is 12.5. The van der Waals surface area contributed by atoms with Crippen molar-refractivity contribution in [3.8, 4) is 0 Å². The van der Waals surface area contributed by atoms with E-state index in [-0.39, 0.29) is 25.7 Å². The zero-order valence-corrected chi connectivity index (χ0v) is 68.9. The molecule has 0 saturated carbocycles. The summed E-state index contributed by atoms with van der Waals surface area (Å²) < 4.78 is 68.7. The zero-order chi connectivity index (χ0) is 75.6. The fourth-order valence-corrected chi connectivity index (χ4v) is 14.1. The standard InChI is InChI=1S/C84H160O17P2/c1-7-9-11-13-15-17-19-21-23-24-25-26-27-33-37-41-45-49-57-63-68-83(88)100-79(72-94-81(86)66-60-54-47-43-39-35-32-29-28-31-34-38-42-46-52-58-64-76(3)4)74-98-102(90,91)96-70-78(85)71-97-103(92,93)99-75-80(73-95-82(87)67-61-55-51-50-53-59-65-77(5)6)101-84(89)69-62-56-48-44-40-36-30-22-20-18-16-14-12-10-8-2/h18,20,22,30,76-80,85H,7-17,19,21,23-29,31-75H2,1-6H3,(H,90,91)(H,92,93)/b20-18-,30-22-/t78-,79-,80-/m1/s1. The Morgan fingerprint density at radius 2 is 0.524 bits per heavy atom. The molecule has 5 atom stereocenters. The number of rotatable bonds is 81. The second-order valence-corrected chi connectivity index (χ2v) is 33.4. The Balaban J connectivity index is 5.24. The number of ether oxygens (including phenoxy) is 4. The molecule has 0 aliphatic rings. The summed E-state index contributed by atoms with van der Waals surface area (Å²) in [7, 11) is -9.94. The molecule has 0 rings (SSSR count). The SMILES string of the molecule is CCCCCC/C=C\C=C/CCCCCCCC(=O)O[C@H](COC(=O)CCCCCCCCC(C)C)COP(=O)(O)OC[C@H](O)COP(=O)(O)OC[C@@H](COC(=O)CCCCCCCCCCCCCCCCCCC(C)C)OC(=O)CCCCCCCCCCCCCCCCCCCCCC. The van der Waals surface area contributed by atoms with Crippen molar-refractivity contribution in [3.05, 3.63) is 24.3 Å². The highest BCUT2D eigenvalue weighted by Crippen LogP contribution is 2.45.